The van der Waals surface area contributed by atoms with Crippen LogP contribution in [-0.4, -0.2) is 48.0 Å². The lowest BCUT2D eigenvalue weighted by Gasteiger charge is -2.31. The molecule has 9 nitrogen and oxygen atoms in total. The van der Waals surface area contributed by atoms with Gasteiger partial charge in [-0.05, 0) is 55.6 Å². The first-order valence-electron chi connectivity index (χ1n) is 11.6. The molecule has 0 amide bonds. The topological polar surface area (TPSA) is 126 Å². The van der Waals surface area contributed by atoms with Gasteiger partial charge in [-0.15, -0.1) is 0 Å². The van der Waals surface area contributed by atoms with Crippen LogP contribution in [-0.2, 0) is 22.6 Å². The molecule has 3 atom stereocenters. The summed E-state index contributed by atoms with van der Waals surface area (Å²) in [6, 6.07) is 14.0. The fourth-order valence-electron chi connectivity index (χ4n) is 4.94. The van der Waals surface area contributed by atoms with Crippen molar-refractivity contribution in [1.82, 2.24) is 19.2 Å². The maximum atomic E-state index is 13.3. The Morgan fingerprint density at radius 1 is 1.29 bits per heavy atom. The Balaban J connectivity index is 1.63. The number of nitrogens with two attached hydrogens (primary N) is 1. The van der Waals surface area contributed by atoms with Crippen LogP contribution in [0.25, 0.3) is 0 Å². The van der Waals surface area contributed by atoms with Gasteiger partial charge in [-0.3, -0.25) is 0 Å². The van der Waals surface area contributed by atoms with Crippen LogP contribution in [0.1, 0.15) is 36.1 Å². The summed E-state index contributed by atoms with van der Waals surface area (Å²) in [5.74, 6) is 0.659. The molecule has 2 aliphatic heterocycles. The van der Waals surface area contributed by atoms with Gasteiger partial charge in [0.1, 0.15) is 17.6 Å². The van der Waals surface area contributed by atoms with Crippen molar-refractivity contribution in [2.45, 2.75) is 35.7 Å². The zero-order valence-electron chi connectivity index (χ0n) is 19.5. The fraction of sp³-hybridized carbons (Fsp3) is 0.360. The molecule has 1 fully saturated rings. The molecule has 2 aromatic carbocycles. The number of fused-ring (bicyclic) bond motifs is 6. The molecule has 3 aromatic rings. The van der Waals surface area contributed by atoms with E-state index in [0.717, 1.165) is 24.1 Å². The predicted molar refractivity (Wildman–Crippen MR) is 130 cm³/mol. The zero-order chi connectivity index (χ0) is 24.6. The minimum atomic E-state index is -3.66. The molecule has 0 spiro atoms. The number of hydrogen-bond acceptors (Lipinski definition) is 7. The Morgan fingerprint density at radius 3 is 2.91 bits per heavy atom. The number of nitrogens with zero attached hydrogens (tertiary/aromatic N) is 4. The van der Waals surface area contributed by atoms with E-state index < -0.39 is 15.6 Å². The molecule has 0 saturated carbocycles. The first-order valence-corrected chi connectivity index (χ1v) is 13.1. The quantitative estimate of drug-likeness (QED) is 0.534. The summed E-state index contributed by atoms with van der Waals surface area (Å²) < 4.78 is 36.0. The second-order valence-electron chi connectivity index (χ2n) is 9.17. The molecule has 3 heterocycles. The van der Waals surface area contributed by atoms with Crippen LogP contribution in [0, 0.1) is 11.3 Å². The number of nitrogens with one attached hydrogen (secondary N) is 1. The number of aryl methyl sites for hydroxylation is 1. The summed E-state index contributed by atoms with van der Waals surface area (Å²) >= 11 is 0. The summed E-state index contributed by atoms with van der Waals surface area (Å²) in [5.41, 5.74) is 8.21. The SMILES string of the molecule is Cn1cncc1C1(N)CCCNC2CCN(C2)S(=O)(=O)c2cccc(c2)Oc2cc1ccc2C#N. The molecular formula is C25H28N6O3S. The van der Waals surface area contributed by atoms with Crippen molar-refractivity contribution < 1.29 is 13.2 Å². The maximum Gasteiger partial charge on any atom is 0.243 e. The van der Waals surface area contributed by atoms with Crippen molar-refractivity contribution in [3.05, 3.63) is 71.8 Å². The van der Waals surface area contributed by atoms with E-state index in [-0.39, 0.29) is 10.9 Å². The van der Waals surface area contributed by atoms with E-state index in [1.165, 1.54) is 10.4 Å². The highest BCUT2D eigenvalue weighted by atomic mass is 32.2. The van der Waals surface area contributed by atoms with Crippen molar-refractivity contribution in [1.29, 1.82) is 5.26 Å². The lowest BCUT2D eigenvalue weighted by molar-refractivity contribution is 0.414. The van der Waals surface area contributed by atoms with Crippen LogP contribution in [0.3, 0.4) is 0 Å². The van der Waals surface area contributed by atoms with Gasteiger partial charge in [0.2, 0.25) is 10.0 Å². The number of sulfonamides is 1. The van der Waals surface area contributed by atoms with Crippen molar-refractivity contribution in [3.63, 3.8) is 0 Å². The van der Waals surface area contributed by atoms with Crippen LogP contribution in [0.2, 0.25) is 0 Å². The molecule has 2 aliphatic rings. The Bertz CT molecular complexity index is 1400. The summed E-state index contributed by atoms with van der Waals surface area (Å²) in [6.07, 6.45) is 5.63. The van der Waals surface area contributed by atoms with Crippen LogP contribution >= 0.6 is 0 Å². The van der Waals surface area contributed by atoms with Crippen LogP contribution in [0.5, 0.6) is 11.5 Å². The van der Waals surface area contributed by atoms with Crippen molar-refractivity contribution in [2.75, 3.05) is 19.6 Å². The molecule has 6 bridgehead atoms. The molecule has 182 valence electrons. The minimum Gasteiger partial charge on any atom is -0.456 e. The van der Waals surface area contributed by atoms with Crippen molar-refractivity contribution in [2.24, 2.45) is 12.8 Å². The van der Waals surface area contributed by atoms with Gasteiger partial charge in [0, 0.05) is 32.2 Å². The number of benzene rings is 2. The first kappa shape index (κ1) is 23.5. The van der Waals surface area contributed by atoms with E-state index in [2.05, 4.69) is 16.4 Å². The number of nitriles is 1. The monoisotopic (exact) mass is 492 g/mol. The van der Waals surface area contributed by atoms with Gasteiger partial charge in [-0.2, -0.15) is 9.57 Å². The summed E-state index contributed by atoms with van der Waals surface area (Å²) in [5, 5.41) is 13.2. The van der Waals surface area contributed by atoms with Gasteiger partial charge in [0.15, 0.2) is 0 Å². The Labute approximate surface area is 205 Å². The summed E-state index contributed by atoms with van der Waals surface area (Å²) in [6.45, 7) is 1.57. The van der Waals surface area contributed by atoms with Crippen LogP contribution in [0.4, 0.5) is 0 Å². The molecule has 1 aromatic heterocycles. The van der Waals surface area contributed by atoms with Crippen LogP contribution < -0.4 is 15.8 Å². The highest BCUT2D eigenvalue weighted by Crippen LogP contribution is 2.36. The largest absolute Gasteiger partial charge is 0.456 e. The van der Waals surface area contributed by atoms with E-state index in [4.69, 9.17) is 10.5 Å². The number of hydrogen-bond donors (Lipinski definition) is 2. The molecule has 1 saturated heterocycles. The number of aromatic nitrogens is 2. The molecule has 35 heavy (non-hydrogen) atoms. The number of rotatable bonds is 1. The van der Waals surface area contributed by atoms with Gasteiger partial charge < -0.3 is 20.4 Å². The molecule has 3 unspecified atom stereocenters. The van der Waals surface area contributed by atoms with E-state index in [1.54, 1.807) is 42.9 Å². The molecular weight excluding hydrogens is 464 g/mol. The lowest BCUT2D eigenvalue weighted by atomic mass is 9.83. The number of ether oxygens (including phenoxy) is 1. The highest BCUT2D eigenvalue weighted by molar-refractivity contribution is 7.89. The molecule has 0 aliphatic carbocycles. The molecule has 3 N–H and O–H groups in total. The number of imidazole rings is 1. The van der Waals surface area contributed by atoms with Gasteiger partial charge in [0.05, 0.1) is 34.2 Å². The lowest BCUT2D eigenvalue weighted by Crippen LogP contribution is -2.41. The minimum absolute atomic E-state index is 0.0857. The third-order valence-electron chi connectivity index (χ3n) is 6.89. The van der Waals surface area contributed by atoms with E-state index >= 15 is 0 Å². The molecule has 5 rings (SSSR count). The average molecular weight is 493 g/mol. The van der Waals surface area contributed by atoms with Crippen molar-refractivity contribution in [3.8, 4) is 17.6 Å². The second kappa shape index (κ2) is 9.09. The normalized spacial score (nSPS) is 26.0. The van der Waals surface area contributed by atoms with Crippen LogP contribution in [0.15, 0.2) is 59.9 Å². The summed E-state index contributed by atoms with van der Waals surface area (Å²) in [7, 11) is -1.74. The average Bonchev–Trinajstić information content (AvgIpc) is 3.51. The third-order valence-corrected chi connectivity index (χ3v) is 8.76. The van der Waals surface area contributed by atoms with Gasteiger partial charge in [-0.25, -0.2) is 13.4 Å². The van der Waals surface area contributed by atoms with E-state index in [1.807, 2.05) is 17.7 Å². The Kier molecular flexibility index (Phi) is 6.11. The standard InChI is InChI=1S/C25H28N6O3S/c1-30-17-28-15-24(30)25(27)9-3-10-29-20-8-11-31(16-20)35(32,33)22-5-2-4-21(13-22)34-23-12-19(25)7-6-18(23)14-26/h2,4-7,12-13,15,17,20,29H,3,8-11,16,27H2,1H3. The zero-order valence-corrected chi connectivity index (χ0v) is 20.3. The summed E-state index contributed by atoms with van der Waals surface area (Å²) in [4.78, 5) is 4.45. The van der Waals surface area contributed by atoms with Gasteiger partial charge in [0.25, 0.3) is 0 Å². The third kappa shape index (κ3) is 4.32. The van der Waals surface area contributed by atoms with Crippen molar-refractivity contribution >= 4 is 10.0 Å². The van der Waals surface area contributed by atoms with E-state index in [9.17, 15) is 13.7 Å². The Morgan fingerprint density at radius 2 is 2.14 bits per heavy atom. The van der Waals surface area contributed by atoms with Gasteiger partial charge in [-0.1, -0.05) is 12.1 Å². The first-order chi connectivity index (χ1) is 16.8. The molecule has 10 heteroatoms. The molecule has 0 radical (unpaired) electrons. The Hall–Kier alpha value is -3.23. The smallest absolute Gasteiger partial charge is 0.243 e. The highest BCUT2D eigenvalue weighted by Gasteiger charge is 2.35. The van der Waals surface area contributed by atoms with Gasteiger partial charge >= 0.3 is 0 Å². The van der Waals surface area contributed by atoms with E-state index in [0.29, 0.717) is 43.1 Å². The predicted octanol–water partition coefficient (Wildman–Crippen LogP) is 2.43. The maximum absolute atomic E-state index is 13.3. The second-order valence-corrected chi connectivity index (χ2v) is 11.1. The fourth-order valence-corrected chi connectivity index (χ4v) is 6.48.